The number of rotatable bonds is 6. The Balaban J connectivity index is 1.21. The minimum atomic E-state index is -1.19. The van der Waals surface area contributed by atoms with E-state index in [4.69, 9.17) is 0 Å². The Morgan fingerprint density at radius 1 is 0.659 bits per heavy atom. The third kappa shape index (κ3) is 5.29. The molecule has 1 atom stereocenters. The predicted octanol–water partition coefficient (Wildman–Crippen LogP) is 11.9. The maximum atomic E-state index is 2.44. The largest absolute Gasteiger partial charge is 0.194 e. The molecule has 7 rings (SSSR count). The van der Waals surface area contributed by atoms with Crippen LogP contribution in [0.2, 0.25) is 0 Å². The van der Waals surface area contributed by atoms with E-state index in [0.717, 1.165) is 12.8 Å². The summed E-state index contributed by atoms with van der Waals surface area (Å²) in [5.74, 6) is 0.527. The van der Waals surface area contributed by atoms with Gasteiger partial charge in [-0.25, -0.2) is 0 Å². The van der Waals surface area contributed by atoms with E-state index in [2.05, 4.69) is 160 Å². The number of aryl methyl sites for hydroxylation is 1. The number of hydrogen-bond donors (Lipinski definition) is 0. The quantitative estimate of drug-likeness (QED) is 0.181. The van der Waals surface area contributed by atoms with E-state index in [-0.39, 0.29) is 11.8 Å². The molecule has 0 aromatic heterocycles. The summed E-state index contributed by atoms with van der Waals surface area (Å²) in [4.78, 5) is 5.58. The van der Waals surface area contributed by atoms with E-state index in [0.29, 0.717) is 0 Å². The summed E-state index contributed by atoms with van der Waals surface area (Å²) >= 11 is 1.89. The van der Waals surface area contributed by atoms with E-state index in [1.54, 1.807) is 0 Å². The molecule has 0 N–H and O–H groups in total. The van der Waals surface area contributed by atoms with Gasteiger partial charge in [-0.05, 0) is 124 Å². The van der Waals surface area contributed by atoms with Crippen molar-refractivity contribution in [1.29, 1.82) is 0 Å². The minimum Gasteiger partial charge on any atom is -0.194 e. The summed E-state index contributed by atoms with van der Waals surface area (Å²) in [7, 11) is -1.19. The molecule has 0 spiro atoms. The van der Waals surface area contributed by atoms with Crippen LogP contribution in [0.1, 0.15) is 65.0 Å². The van der Waals surface area contributed by atoms with Gasteiger partial charge in [-0.3, -0.25) is 0 Å². The molecule has 0 saturated carbocycles. The second-order valence-electron chi connectivity index (χ2n) is 12.5. The van der Waals surface area contributed by atoms with E-state index in [9.17, 15) is 0 Å². The van der Waals surface area contributed by atoms with E-state index in [1.807, 2.05) is 11.8 Å². The average Bonchev–Trinajstić information content (AvgIpc) is 3.06. The summed E-state index contributed by atoms with van der Waals surface area (Å²) < 4.78 is 0. The molecule has 1 heterocycles. The summed E-state index contributed by atoms with van der Waals surface area (Å²) in [6.07, 6.45) is 11.9. The van der Waals surface area contributed by atoms with Gasteiger partial charge >= 0.3 is 0 Å². The van der Waals surface area contributed by atoms with Gasteiger partial charge in [-0.2, -0.15) is 10.0 Å². The highest BCUT2D eigenvalue weighted by Crippen LogP contribution is 2.57. The molecule has 2 aliphatic rings. The van der Waals surface area contributed by atoms with E-state index >= 15 is 0 Å². The number of allylic oxidation sites excluding steroid dienone is 4. The first-order valence-corrected chi connectivity index (χ1v) is 18.9. The summed E-state index contributed by atoms with van der Waals surface area (Å²) in [6, 6.07) is 45.8. The fraction of sp³-hybridized carbons (Fsp3) is 0.190. The van der Waals surface area contributed by atoms with Gasteiger partial charge in [-0.15, -0.1) is 0 Å². The van der Waals surface area contributed by atoms with Crippen molar-refractivity contribution in [1.82, 2.24) is 0 Å². The Morgan fingerprint density at radius 3 is 1.84 bits per heavy atom. The van der Waals surface area contributed by atoms with Crippen molar-refractivity contribution >= 4 is 21.8 Å². The molecule has 44 heavy (non-hydrogen) atoms. The summed E-state index contributed by atoms with van der Waals surface area (Å²) in [6.45, 7) is 4.57. The molecule has 1 unspecified atom stereocenters. The Kier molecular flexibility index (Phi) is 7.91. The molecule has 0 bridgehead atoms. The van der Waals surface area contributed by atoms with Crippen molar-refractivity contribution in [2.24, 2.45) is 0 Å². The molecule has 2 heteroatoms. The highest BCUT2D eigenvalue weighted by Gasteiger charge is 2.28. The van der Waals surface area contributed by atoms with Gasteiger partial charge in [0, 0.05) is 21.6 Å². The Morgan fingerprint density at radius 2 is 1.23 bits per heavy atom. The fourth-order valence-electron chi connectivity index (χ4n) is 6.98. The van der Waals surface area contributed by atoms with Crippen molar-refractivity contribution < 1.29 is 0 Å². The topological polar surface area (TPSA) is 0 Å². The Hall–Kier alpha value is -3.72. The van der Waals surface area contributed by atoms with Gasteiger partial charge in [0.1, 0.15) is 0 Å². The fourth-order valence-corrected chi connectivity index (χ4v) is 10.0. The van der Waals surface area contributed by atoms with Crippen LogP contribution in [0.5, 0.6) is 0 Å². The van der Waals surface area contributed by atoms with Crippen molar-refractivity contribution in [2.75, 3.05) is 12.5 Å². The van der Waals surface area contributed by atoms with Crippen LogP contribution in [0.4, 0.5) is 0 Å². The molecule has 0 fully saturated rings. The van der Waals surface area contributed by atoms with Gasteiger partial charge in [0.25, 0.3) is 0 Å². The van der Waals surface area contributed by atoms with Gasteiger partial charge < -0.3 is 0 Å². The molecule has 5 aromatic carbocycles. The highest BCUT2D eigenvalue weighted by atomic mass is 32.3. The molecular weight excluding hydrogens is 569 g/mol. The van der Waals surface area contributed by atoms with Crippen LogP contribution in [0.15, 0.2) is 164 Å². The van der Waals surface area contributed by atoms with Crippen molar-refractivity contribution in [3.8, 4) is 0 Å². The predicted molar refractivity (Wildman–Crippen MR) is 191 cm³/mol. The average molecular weight is 609 g/mol. The number of hydrogen-bond acceptors (Lipinski definition) is 1. The van der Waals surface area contributed by atoms with E-state index < -0.39 is 10.0 Å². The monoisotopic (exact) mass is 608 g/mol. The lowest BCUT2D eigenvalue weighted by atomic mass is 9.79. The third-order valence-electron chi connectivity index (χ3n) is 9.57. The maximum Gasteiger partial charge on any atom is 0.0362 e. The molecule has 0 nitrogen and oxygen atoms in total. The first-order valence-electron chi connectivity index (χ1n) is 15.6. The lowest BCUT2D eigenvalue weighted by Crippen LogP contribution is -2.10. The van der Waals surface area contributed by atoms with Gasteiger partial charge in [0.05, 0.1) is 0 Å². The standard InChI is InChI=1S/C42H40S2/c1-29-13-5-7-15-35(29)41(36-16-8-6-14-30(36)2)31-21-25-33(26-22-31)44(3,4)34-27-23-32(24-28-34)42-37-17-9-11-19-39(37)43-40-20-12-10-18-38(40)42/h5,7-13,15-28,41-42H,6,14H2,1-4H3. The van der Waals surface area contributed by atoms with Crippen molar-refractivity contribution in [2.45, 2.75) is 58.1 Å². The Labute approximate surface area is 269 Å². The zero-order chi connectivity index (χ0) is 30.3. The van der Waals surface area contributed by atoms with Crippen LogP contribution in [0.3, 0.4) is 0 Å². The van der Waals surface area contributed by atoms with Crippen LogP contribution >= 0.6 is 21.8 Å². The zero-order valence-corrected chi connectivity index (χ0v) is 27.7. The maximum absolute atomic E-state index is 2.44. The molecular formula is C42H40S2. The normalized spacial score (nSPS) is 15.9. The van der Waals surface area contributed by atoms with Crippen LogP contribution < -0.4 is 0 Å². The molecule has 220 valence electrons. The van der Waals surface area contributed by atoms with Gasteiger partial charge in [0.15, 0.2) is 0 Å². The first kappa shape index (κ1) is 29.0. The number of fused-ring (bicyclic) bond motifs is 2. The van der Waals surface area contributed by atoms with Gasteiger partial charge in [-0.1, -0.05) is 114 Å². The van der Waals surface area contributed by atoms with Crippen LogP contribution in [0.25, 0.3) is 0 Å². The van der Waals surface area contributed by atoms with Crippen LogP contribution in [-0.4, -0.2) is 12.5 Å². The second-order valence-corrected chi connectivity index (χ2v) is 17.2. The zero-order valence-electron chi connectivity index (χ0n) is 26.1. The van der Waals surface area contributed by atoms with E-state index in [1.165, 1.54) is 64.1 Å². The molecule has 1 aliphatic carbocycles. The number of benzene rings is 5. The van der Waals surface area contributed by atoms with Crippen LogP contribution in [0, 0.1) is 6.92 Å². The molecule has 0 radical (unpaired) electrons. The minimum absolute atomic E-state index is 0.263. The molecule has 1 aliphatic heterocycles. The van der Waals surface area contributed by atoms with Crippen molar-refractivity contribution in [3.63, 3.8) is 0 Å². The smallest absolute Gasteiger partial charge is 0.0362 e. The molecule has 5 aromatic rings. The summed E-state index contributed by atoms with van der Waals surface area (Å²) in [5.41, 5.74) is 11.3. The summed E-state index contributed by atoms with van der Waals surface area (Å²) in [5, 5.41) is 0. The molecule has 0 saturated heterocycles. The lowest BCUT2D eigenvalue weighted by molar-refractivity contribution is 0.866. The third-order valence-corrected chi connectivity index (χ3v) is 13.7. The first-order chi connectivity index (χ1) is 21.4. The SMILES string of the molecule is CC1=C(C(c2ccc(S(C)(C)c3ccc(C4c5ccccc5Sc5ccccc54)cc3)cc2)c2ccccc2C)C=CCC1. The second kappa shape index (κ2) is 12.0. The molecule has 0 amide bonds. The lowest BCUT2D eigenvalue weighted by Gasteiger charge is -2.34. The van der Waals surface area contributed by atoms with Crippen LogP contribution in [-0.2, 0) is 0 Å². The van der Waals surface area contributed by atoms with Crippen molar-refractivity contribution in [3.05, 3.63) is 178 Å². The van der Waals surface area contributed by atoms with Gasteiger partial charge in [0.2, 0.25) is 0 Å². The Bertz CT molecular complexity index is 1830. The highest BCUT2D eigenvalue weighted by molar-refractivity contribution is 8.32.